The molecule has 1 atom stereocenters. The zero-order valence-corrected chi connectivity index (χ0v) is 18.3. The van der Waals surface area contributed by atoms with E-state index in [4.69, 9.17) is 4.43 Å². The van der Waals surface area contributed by atoms with Crippen LogP contribution in [0.1, 0.15) is 54.9 Å². The lowest BCUT2D eigenvalue weighted by atomic mass is 10.3. The Kier molecular flexibility index (Phi) is 10.6. The molecule has 1 unspecified atom stereocenters. The summed E-state index contributed by atoms with van der Waals surface area (Å²) >= 11 is 0. The van der Waals surface area contributed by atoms with Crippen molar-refractivity contribution in [2.75, 3.05) is 0 Å². The average molecular weight is 341 g/mol. The van der Waals surface area contributed by atoms with E-state index in [9.17, 15) is 0 Å². The van der Waals surface area contributed by atoms with Crippen molar-refractivity contribution >= 4 is 16.4 Å². The van der Waals surface area contributed by atoms with Crippen molar-refractivity contribution in [3.8, 4) is 0 Å². The van der Waals surface area contributed by atoms with Gasteiger partial charge in [0.1, 0.15) is 0 Å². The Balaban J connectivity index is 5.40. The highest BCUT2D eigenvalue weighted by Crippen LogP contribution is 2.32. The van der Waals surface area contributed by atoms with E-state index in [1.807, 2.05) is 0 Å². The Morgan fingerprint density at radius 3 is 1.68 bits per heavy atom. The largest absolute Gasteiger partial charge is 0.411 e. The summed E-state index contributed by atoms with van der Waals surface area (Å²) in [6, 6.07) is 7.70. The summed E-state index contributed by atoms with van der Waals surface area (Å²) in [6.07, 6.45) is 5.88. The van der Waals surface area contributed by atoms with Crippen molar-refractivity contribution in [3.05, 3.63) is 23.9 Å². The normalized spacial score (nSPS) is 15.0. The fourth-order valence-corrected chi connectivity index (χ4v) is 10.6. The molecule has 0 saturated heterocycles. The minimum absolute atomic E-state index is 0.262. The maximum atomic E-state index is 6.64. The molecule has 0 saturated carbocycles. The molecule has 0 spiro atoms. The van der Waals surface area contributed by atoms with E-state index in [2.05, 4.69) is 67.2 Å². The van der Waals surface area contributed by atoms with Crippen molar-refractivity contribution in [3.63, 3.8) is 0 Å². The maximum Gasteiger partial charge on any atom is 0.192 e. The molecule has 22 heavy (non-hydrogen) atoms. The molecule has 130 valence electrons. The highest BCUT2D eigenvalue weighted by Gasteiger charge is 2.33. The quantitative estimate of drug-likeness (QED) is 0.276. The first-order valence-electron chi connectivity index (χ1n) is 9.42. The van der Waals surface area contributed by atoms with Crippen LogP contribution < -0.4 is 0 Å². The molecule has 0 radical (unpaired) electrons. The van der Waals surface area contributed by atoms with Crippen molar-refractivity contribution < 1.29 is 4.43 Å². The first-order chi connectivity index (χ1) is 10.4. The molecule has 0 aromatic rings. The molecule has 1 nitrogen and oxygen atoms in total. The van der Waals surface area contributed by atoms with Crippen molar-refractivity contribution in [1.29, 1.82) is 0 Å². The third-order valence-electron chi connectivity index (χ3n) is 5.88. The van der Waals surface area contributed by atoms with Crippen molar-refractivity contribution in [1.82, 2.24) is 0 Å². The van der Waals surface area contributed by atoms with Gasteiger partial charge in [-0.05, 0) is 31.5 Å². The van der Waals surface area contributed by atoms with Crippen molar-refractivity contribution in [2.45, 2.75) is 97.3 Å². The number of rotatable bonds is 12. The van der Waals surface area contributed by atoms with Gasteiger partial charge in [0.25, 0.3) is 0 Å². The van der Waals surface area contributed by atoms with E-state index in [0.717, 1.165) is 6.42 Å². The Bertz CT molecular complexity index is 325. The number of hydrogen-bond donors (Lipinski definition) is 0. The standard InChI is InChI=1S/C19H40OSi2/c1-9-16-19(21(10-2,11-3)12-4)17-18(8)20-22(13-5,14-6)15-7/h9,17-18H,1,10-16H2,2-8H3/b19-17+. The van der Waals surface area contributed by atoms with Gasteiger partial charge >= 0.3 is 0 Å². The Hall–Kier alpha value is -0.126. The van der Waals surface area contributed by atoms with Gasteiger partial charge in [-0.25, -0.2) is 0 Å². The fourth-order valence-electron chi connectivity index (χ4n) is 3.76. The first kappa shape index (κ1) is 21.9. The van der Waals surface area contributed by atoms with Gasteiger partial charge in [-0.3, -0.25) is 0 Å². The van der Waals surface area contributed by atoms with Gasteiger partial charge < -0.3 is 4.43 Å². The van der Waals surface area contributed by atoms with E-state index >= 15 is 0 Å². The van der Waals surface area contributed by atoms with Crippen LogP contribution in [0.25, 0.3) is 0 Å². The summed E-state index contributed by atoms with van der Waals surface area (Å²) in [5.41, 5.74) is 0. The lowest BCUT2D eigenvalue weighted by molar-refractivity contribution is 0.251. The minimum atomic E-state index is -1.51. The zero-order chi connectivity index (χ0) is 17.2. The highest BCUT2D eigenvalue weighted by molar-refractivity contribution is 6.86. The van der Waals surface area contributed by atoms with E-state index in [1.165, 1.54) is 36.3 Å². The van der Waals surface area contributed by atoms with Gasteiger partial charge in [-0.1, -0.05) is 77.0 Å². The topological polar surface area (TPSA) is 9.23 Å². The maximum absolute atomic E-state index is 6.64. The molecule has 0 fully saturated rings. The molecule has 0 N–H and O–H groups in total. The second kappa shape index (κ2) is 10.6. The Morgan fingerprint density at radius 1 is 0.909 bits per heavy atom. The van der Waals surface area contributed by atoms with Crippen LogP contribution in [0, 0.1) is 0 Å². The highest BCUT2D eigenvalue weighted by atomic mass is 28.4. The molecule has 0 rings (SSSR count). The van der Waals surface area contributed by atoms with E-state index < -0.39 is 16.4 Å². The predicted molar refractivity (Wildman–Crippen MR) is 108 cm³/mol. The summed E-state index contributed by atoms with van der Waals surface area (Å²) < 4.78 is 6.64. The second-order valence-electron chi connectivity index (χ2n) is 6.59. The van der Waals surface area contributed by atoms with Crippen LogP contribution >= 0.6 is 0 Å². The lowest BCUT2D eigenvalue weighted by Crippen LogP contribution is -2.40. The van der Waals surface area contributed by atoms with Gasteiger partial charge in [-0.15, -0.1) is 6.58 Å². The molecule has 0 aliphatic carbocycles. The summed E-state index contributed by atoms with van der Waals surface area (Å²) in [5, 5.41) is 1.67. The van der Waals surface area contributed by atoms with Gasteiger partial charge in [0, 0.05) is 0 Å². The third-order valence-corrected chi connectivity index (χ3v) is 16.4. The third kappa shape index (κ3) is 5.50. The SMILES string of the molecule is C=CC/C(=C\C(C)O[Si](CC)(CC)CC)[Si](CC)(CC)CC. The first-order valence-corrected chi connectivity index (χ1v) is 14.6. The number of hydrogen-bond acceptors (Lipinski definition) is 1. The molecule has 0 amide bonds. The molecule has 0 aliphatic rings. The summed E-state index contributed by atoms with van der Waals surface area (Å²) in [5.74, 6) is 0. The van der Waals surface area contributed by atoms with Crippen LogP contribution in [0.3, 0.4) is 0 Å². The molecular weight excluding hydrogens is 300 g/mol. The van der Waals surface area contributed by atoms with Gasteiger partial charge in [0.15, 0.2) is 8.32 Å². The monoisotopic (exact) mass is 340 g/mol. The minimum Gasteiger partial charge on any atom is -0.411 e. The van der Waals surface area contributed by atoms with E-state index in [0.29, 0.717) is 0 Å². The summed E-state index contributed by atoms with van der Waals surface area (Å²) in [4.78, 5) is 0. The van der Waals surface area contributed by atoms with E-state index in [1.54, 1.807) is 5.20 Å². The van der Waals surface area contributed by atoms with Crippen molar-refractivity contribution in [2.24, 2.45) is 0 Å². The molecule has 0 bridgehead atoms. The predicted octanol–water partition coefficient (Wildman–Crippen LogP) is 6.95. The van der Waals surface area contributed by atoms with Crippen LogP contribution in [0.2, 0.25) is 36.3 Å². The molecule has 3 heteroatoms. The number of allylic oxidation sites excluding steroid dienone is 2. The van der Waals surface area contributed by atoms with Crippen LogP contribution in [0.5, 0.6) is 0 Å². The van der Waals surface area contributed by atoms with Crippen LogP contribution in [-0.2, 0) is 4.43 Å². The Morgan fingerprint density at radius 2 is 1.36 bits per heavy atom. The smallest absolute Gasteiger partial charge is 0.192 e. The molecule has 0 heterocycles. The van der Waals surface area contributed by atoms with Crippen LogP contribution in [0.4, 0.5) is 0 Å². The Labute approximate surface area is 142 Å². The lowest BCUT2D eigenvalue weighted by Gasteiger charge is -2.34. The molecule has 0 aromatic carbocycles. The van der Waals surface area contributed by atoms with Gasteiger partial charge in [0.05, 0.1) is 14.2 Å². The average Bonchev–Trinajstić information content (AvgIpc) is 2.55. The molecule has 0 aromatic heterocycles. The zero-order valence-electron chi connectivity index (χ0n) is 16.3. The van der Waals surface area contributed by atoms with Crippen LogP contribution in [-0.4, -0.2) is 22.5 Å². The van der Waals surface area contributed by atoms with Crippen LogP contribution in [0.15, 0.2) is 23.9 Å². The summed E-state index contributed by atoms with van der Waals surface area (Å²) in [7, 11) is -2.83. The molecule has 0 aliphatic heterocycles. The second-order valence-corrected chi connectivity index (χ2v) is 16.6. The molecular formula is C19H40OSi2. The van der Waals surface area contributed by atoms with E-state index in [-0.39, 0.29) is 6.10 Å². The van der Waals surface area contributed by atoms with Gasteiger partial charge in [-0.2, -0.15) is 0 Å². The fraction of sp³-hybridized carbons (Fsp3) is 0.789. The van der Waals surface area contributed by atoms with Gasteiger partial charge in [0.2, 0.25) is 0 Å². The summed E-state index contributed by atoms with van der Waals surface area (Å²) in [6.45, 7) is 20.3.